The maximum Gasteiger partial charge on any atom is 0.128 e. The van der Waals surface area contributed by atoms with Crippen LogP contribution < -0.4 is 4.74 Å². The zero-order valence-corrected chi connectivity index (χ0v) is 12.4. The van der Waals surface area contributed by atoms with E-state index < -0.39 is 5.82 Å². The first-order valence-electron chi connectivity index (χ1n) is 7.09. The predicted molar refractivity (Wildman–Crippen MR) is 77.7 cm³/mol. The Labute approximate surface area is 124 Å². The number of rotatable bonds is 5. The molecule has 1 heterocycles. The second-order valence-electron chi connectivity index (χ2n) is 5.02. The van der Waals surface area contributed by atoms with Gasteiger partial charge in [-0.3, -0.25) is 4.90 Å². The molecule has 0 aliphatic carbocycles. The molecule has 116 valence electrons. The number of morpholine rings is 1. The minimum Gasteiger partial charge on any atom is -0.490 e. The number of benzene rings is 1. The van der Waals surface area contributed by atoms with Gasteiger partial charge in [0.15, 0.2) is 0 Å². The molecule has 0 saturated carbocycles. The first-order valence-corrected chi connectivity index (χ1v) is 7.09. The number of oxime groups is 1. The molecule has 0 radical (unpaired) electrons. The van der Waals surface area contributed by atoms with Crippen LogP contribution in [0.15, 0.2) is 23.4 Å². The molecular weight excluding hydrogens is 275 g/mol. The molecule has 0 bridgehead atoms. The summed E-state index contributed by atoms with van der Waals surface area (Å²) in [5.74, 6) is 0.0929. The van der Waals surface area contributed by atoms with Gasteiger partial charge in [-0.15, -0.1) is 0 Å². The fourth-order valence-electron chi connectivity index (χ4n) is 2.32. The average molecular weight is 296 g/mol. The molecule has 5 nitrogen and oxygen atoms in total. The van der Waals surface area contributed by atoms with Crippen LogP contribution in [0.5, 0.6) is 5.75 Å². The SMILES string of the molecule is CCN1CCOC(COc2ccc(F)cc2/C(C)=N/O)C1. The molecule has 6 heteroatoms. The van der Waals surface area contributed by atoms with E-state index in [1.165, 1.54) is 12.1 Å². The van der Waals surface area contributed by atoms with Crippen molar-refractivity contribution in [2.45, 2.75) is 20.0 Å². The second-order valence-corrected chi connectivity index (χ2v) is 5.02. The summed E-state index contributed by atoms with van der Waals surface area (Å²) in [5, 5.41) is 12.0. The molecule has 1 aromatic rings. The van der Waals surface area contributed by atoms with Crippen molar-refractivity contribution in [1.82, 2.24) is 4.90 Å². The quantitative estimate of drug-likeness (QED) is 0.514. The molecule has 1 aliphatic heterocycles. The van der Waals surface area contributed by atoms with Crippen LogP contribution in [0.1, 0.15) is 19.4 Å². The average Bonchev–Trinajstić information content (AvgIpc) is 2.53. The van der Waals surface area contributed by atoms with E-state index in [0.717, 1.165) is 19.6 Å². The second kappa shape index (κ2) is 7.38. The molecule has 1 saturated heterocycles. The van der Waals surface area contributed by atoms with E-state index in [0.29, 0.717) is 30.2 Å². The van der Waals surface area contributed by atoms with Crippen LogP contribution in [0, 0.1) is 5.82 Å². The van der Waals surface area contributed by atoms with Crippen molar-refractivity contribution in [1.29, 1.82) is 0 Å². The molecule has 1 N–H and O–H groups in total. The summed E-state index contributed by atoms with van der Waals surface area (Å²) in [6.45, 7) is 7.52. The van der Waals surface area contributed by atoms with E-state index in [-0.39, 0.29) is 6.10 Å². The fraction of sp³-hybridized carbons (Fsp3) is 0.533. The largest absolute Gasteiger partial charge is 0.490 e. The summed E-state index contributed by atoms with van der Waals surface area (Å²) >= 11 is 0. The third-order valence-corrected chi connectivity index (χ3v) is 3.58. The number of ether oxygens (including phenoxy) is 2. The number of likely N-dealkylation sites (N-methyl/N-ethyl adjacent to an activating group) is 1. The van der Waals surface area contributed by atoms with Gasteiger partial charge >= 0.3 is 0 Å². The summed E-state index contributed by atoms with van der Waals surface area (Å²) in [7, 11) is 0. The zero-order valence-electron chi connectivity index (χ0n) is 12.4. The number of nitrogens with zero attached hydrogens (tertiary/aromatic N) is 2. The molecule has 1 aromatic carbocycles. The predicted octanol–water partition coefficient (Wildman–Crippen LogP) is 2.12. The van der Waals surface area contributed by atoms with Crippen molar-refractivity contribution in [2.24, 2.45) is 5.16 Å². The highest BCUT2D eigenvalue weighted by atomic mass is 19.1. The standard InChI is InChI=1S/C15H21FN2O3/c1-3-18-6-7-20-13(9-18)10-21-15-5-4-12(16)8-14(15)11(2)17-19/h4-5,8,13,19H,3,6-7,9-10H2,1-2H3/b17-11+. The van der Waals surface area contributed by atoms with Gasteiger partial charge in [-0.25, -0.2) is 4.39 Å². The van der Waals surface area contributed by atoms with E-state index in [1.54, 1.807) is 13.0 Å². The maximum absolute atomic E-state index is 13.3. The van der Waals surface area contributed by atoms with Crippen LogP contribution in [0.3, 0.4) is 0 Å². The first kappa shape index (κ1) is 15.7. The van der Waals surface area contributed by atoms with Gasteiger partial charge in [0.25, 0.3) is 0 Å². The van der Waals surface area contributed by atoms with Gasteiger partial charge in [0.2, 0.25) is 0 Å². The van der Waals surface area contributed by atoms with Gasteiger partial charge in [-0.05, 0) is 31.7 Å². The molecule has 1 unspecified atom stereocenters. The van der Waals surface area contributed by atoms with Gasteiger partial charge in [-0.1, -0.05) is 12.1 Å². The summed E-state index contributed by atoms with van der Waals surface area (Å²) in [5.41, 5.74) is 0.755. The van der Waals surface area contributed by atoms with E-state index in [9.17, 15) is 4.39 Å². The molecule has 1 aliphatic rings. The molecule has 21 heavy (non-hydrogen) atoms. The lowest BCUT2D eigenvalue weighted by Crippen LogP contribution is -2.44. The Hall–Kier alpha value is -1.66. The zero-order chi connectivity index (χ0) is 15.2. The summed E-state index contributed by atoms with van der Waals surface area (Å²) in [6.07, 6.45) is -0.0111. The topological polar surface area (TPSA) is 54.3 Å². The van der Waals surface area contributed by atoms with Crippen molar-refractivity contribution in [2.75, 3.05) is 32.8 Å². The van der Waals surface area contributed by atoms with Crippen molar-refractivity contribution >= 4 is 5.71 Å². The molecule has 0 aromatic heterocycles. The first-order chi connectivity index (χ1) is 10.1. The van der Waals surface area contributed by atoms with Crippen LogP contribution in [-0.2, 0) is 4.74 Å². The van der Waals surface area contributed by atoms with E-state index in [4.69, 9.17) is 14.7 Å². The van der Waals surface area contributed by atoms with Gasteiger partial charge in [0.05, 0.1) is 12.3 Å². The summed E-state index contributed by atoms with van der Waals surface area (Å²) in [6, 6.07) is 4.16. The Balaban J connectivity index is 2.03. The summed E-state index contributed by atoms with van der Waals surface area (Å²) < 4.78 is 24.7. The Morgan fingerprint density at radius 3 is 3.10 bits per heavy atom. The van der Waals surface area contributed by atoms with Crippen LogP contribution in [0.25, 0.3) is 0 Å². The van der Waals surface area contributed by atoms with Gasteiger partial charge in [0, 0.05) is 18.7 Å². The Bertz CT molecular complexity index is 508. The molecule has 2 rings (SSSR count). The smallest absolute Gasteiger partial charge is 0.128 e. The van der Waals surface area contributed by atoms with Crippen LogP contribution in [0.4, 0.5) is 4.39 Å². The third kappa shape index (κ3) is 4.15. The highest BCUT2D eigenvalue weighted by Crippen LogP contribution is 2.21. The van der Waals surface area contributed by atoms with Crippen LogP contribution >= 0.6 is 0 Å². The number of hydrogen-bond acceptors (Lipinski definition) is 5. The van der Waals surface area contributed by atoms with Gasteiger partial charge in [0.1, 0.15) is 24.3 Å². The third-order valence-electron chi connectivity index (χ3n) is 3.58. The van der Waals surface area contributed by atoms with Crippen molar-refractivity contribution in [3.05, 3.63) is 29.6 Å². The lowest BCUT2D eigenvalue weighted by Gasteiger charge is -2.32. The lowest BCUT2D eigenvalue weighted by molar-refractivity contribution is -0.0464. The molecule has 1 atom stereocenters. The van der Waals surface area contributed by atoms with E-state index in [1.807, 2.05) is 0 Å². The maximum atomic E-state index is 13.3. The lowest BCUT2D eigenvalue weighted by atomic mass is 10.1. The summed E-state index contributed by atoms with van der Waals surface area (Å²) in [4.78, 5) is 2.30. The van der Waals surface area contributed by atoms with Crippen molar-refractivity contribution < 1.29 is 19.1 Å². The normalized spacial score (nSPS) is 20.5. The monoisotopic (exact) mass is 296 g/mol. The molecule has 0 amide bonds. The molecule has 1 fully saturated rings. The Kier molecular flexibility index (Phi) is 5.52. The van der Waals surface area contributed by atoms with Gasteiger partial charge < -0.3 is 14.7 Å². The minimum absolute atomic E-state index is 0.0111. The minimum atomic E-state index is -0.397. The van der Waals surface area contributed by atoms with Crippen LogP contribution in [-0.4, -0.2) is 54.8 Å². The fourth-order valence-corrected chi connectivity index (χ4v) is 2.32. The highest BCUT2D eigenvalue weighted by molar-refractivity contribution is 6.00. The van der Waals surface area contributed by atoms with E-state index >= 15 is 0 Å². The van der Waals surface area contributed by atoms with Gasteiger partial charge in [-0.2, -0.15) is 0 Å². The van der Waals surface area contributed by atoms with Crippen LogP contribution in [0.2, 0.25) is 0 Å². The highest BCUT2D eigenvalue weighted by Gasteiger charge is 2.20. The van der Waals surface area contributed by atoms with E-state index in [2.05, 4.69) is 17.0 Å². The number of halogens is 1. The Morgan fingerprint density at radius 1 is 1.57 bits per heavy atom. The van der Waals surface area contributed by atoms with Crippen molar-refractivity contribution in [3.63, 3.8) is 0 Å². The van der Waals surface area contributed by atoms with Crippen molar-refractivity contribution in [3.8, 4) is 5.75 Å². The Morgan fingerprint density at radius 2 is 2.38 bits per heavy atom. The number of hydrogen-bond donors (Lipinski definition) is 1. The molecular formula is C15H21FN2O3. The molecule has 0 spiro atoms.